The van der Waals surface area contributed by atoms with Crippen LogP contribution >= 0.6 is 0 Å². The molecule has 1 fully saturated rings. The second kappa shape index (κ2) is 9.67. The molecule has 2 amide bonds. The maximum absolute atomic E-state index is 12.6. The second-order valence-corrected chi connectivity index (χ2v) is 7.13. The summed E-state index contributed by atoms with van der Waals surface area (Å²) in [6, 6.07) is 7.18. The zero-order chi connectivity index (χ0) is 24.2. The lowest BCUT2D eigenvalue weighted by Gasteiger charge is -2.30. The Labute approximate surface area is 185 Å². The van der Waals surface area contributed by atoms with E-state index in [0.717, 1.165) is 12.1 Å². The van der Waals surface area contributed by atoms with Crippen molar-refractivity contribution in [1.82, 2.24) is 15.2 Å². The van der Waals surface area contributed by atoms with Crippen molar-refractivity contribution in [2.24, 2.45) is 5.92 Å². The summed E-state index contributed by atoms with van der Waals surface area (Å²) in [7, 11) is 0. The molecular weight excluding hydrogens is 447 g/mol. The van der Waals surface area contributed by atoms with E-state index in [1.54, 1.807) is 0 Å². The number of carbonyl (C=O) groups excluding carboxylic acids is 3. The number of aromatic nitrogens is 1. The van der Waals surface area contributed by atoms with E-state index in [2.05, 4.69) is 4.98 Å². The summed E-state index contributed by atoms with van der Waals surface area (Å²) in [5.41, 5.74) is -0.384. The largest absolute Gasteiger partial charge is 0.480 e. The van der Waals surface area contributed by atoms with Crippen LogP contribution in [-0.2, 0) is 31.9 Å². The fraction of sp³-hybridized carbons (Fsp3) is 0.286. The molecule has 2 N–H and O–H groups in total. The van der Waals surface area contributed by atoms with Gasteiger partial charge in [-0.05, 0) is 36.4 Å². The molecule has 0 bridgehead atoms. The van der Waals surface area contributed by atoms with Gasteiger partial charge < -0.3 is 20.1 Å². The Kier molecular flexibility index (Phi) is 6.95. The number of halogens is 3. The number of nitrogens with zero attached hydrogens (tertiary/aromatic N) is 2. The molecule has 0 radical (unpaired) electrons. The lowest BCUT2D eigenvalue weighted by molar-refractivity contribution is -0.152. The van der Waals surface area contributed by atoms with E-state index < -0.39 is 47.8 Å². The molecule has 1 aromatic heterocycles. The van der Waals surface area contributed by atoms with Crippen molar-refractivity contribution >= 4 is 23.6 Å². The second-order valence-electron chi connectivity index (χ2n) is 7.13. The van der Waals surface area contributed by atoms with Crippen LogP contribution in [0.2, 0.25) is 0 Å². The summed E-state index contributed by atoms with van der Waals surface area (Å²) < 4.78 is 43.3. The standard InChI is InChI=1S/C21H18F3N3O6/c22-21(23,24)12-1-4-14(5-2-12)33-15-6-3-13(25-9-15)11-27-8-7-16(28)18(20(27)32)19(31)26-10-17(29)30/h1-6,9,18H,7-8,10-11H2,(H,26,31)(H,29,30). The van der Waals surface area contributed by atoms with Crippen molar-refractivity contribution in [2.45, 2.75) is 19.1 Å². The summed E-state index contributed by atoms with van der Waals surface area (Å²) in [5.74, 6) is -4.79. The van der Waals surface area contributed by atoms with E-state index in [0.29, 0.717) is 5.69 Å². The molecule has 2 aromatic rings. The molecule has 1 aliphatic heterocycles. The van der Waals surface area contributed by atoms with Gasteiger partial charge >= 0.3 is 12.1 Å². The molecule has 1 saturated heterocycles. The van der Waals surface area contributed by atoms with Gasteiger partial charge in [-0.15, -0.1) is 0 Å². The third kappa shape index (κ3) is 6.05. The smallest absolute Gasteiger partial charge is 0.416 e. The van der Waals surface area contributed by atoms with E-state index in [-0.39, 0.29) is 31.0 Å². The fourth-order valence-corrected chi connectivity index (χ4v) is 3.11. The predicted molar refractivity (Wildman–Crippen MR) is 105 cm³/mol. The van der Waals surface area contributed by atoms with Crippen molar-refractivity contribution in [3.05, 3.63) is 53.9 Å². The number of amides is 2. The zero-order valence-corrected chi connectivity index (χ0v) is 17.0. The van der Waals surface area contributed by atoms with Gasteiger partial charge in [0.05, 0.1) is 24.0 Å². The van der Waals surface area contributed by atoms with Crippen LogP contribution < -0.4 is 10.1 Å². The Morgan fingerprint density at radius 2 is 1.79 bits per heavy atom. The molecular formula is C21H18F3N3O6. The number of hydrogen-bond acceptors (Lipinski definition) is 6. The number of aliphatic carboxylic acids is 1. The molecule has 0 aliphatic carbocycles. The van der Waals surface area contributed by atoms with Gasteiger partial charge in [0.2, 0.25) is 11.8 Å². The first-order valence-corrected chi connectivity index (χ1v) is 9.65. The molecule has 0 saturated carbocycles. The van der Waals surface area contributed by atoms with Gasteiger partial charge in [0.15, 0.2) is 11.7 Å². The minimum absolute atomic E-state index is 0.00458. The van der Waals surface area contributed by atoms with Gasteiger partial charge in [-0.2, -0.15) is 13.2 Å². The van der Waals surface area contributed by atoms with Crippen LogP contribution in [0.4, 0.5) is 13.2 Å². The minimum Gasteiger partial charge on any atom is -0.480 e. The maximum Gasteiger partial charge on any atom is 0.416 e. The molecule has 2 heterocycles. The van der Waals surface area contributed by atoms with Crippen LogP contribution in [0.5, 0.6) is 11.5 Å². The summed E-state index contributed by atoms with van der Waals surface area (Å²) in [5, 5.41) is 10.7. The summed E-state index contributed by atoms with van der Waals surface area (Å²) >= 11 is 0. The molecule has 12 heteroatoms. The minimum atomic E-state index is -4.45. The van der Waals surface area contributed by atoms with Crippen LogP contribution in [0.25, 0.3) is 0 Å². The normalized spacial score (nSPS) is 16.5. The fourth-order valence-electron chi connectivity index (χ4n) is 3.11. The number of alkyl halides is 3. The number of rotatable bonds is 7. The van der Waals surface area contributed by atoms with Crippen LogP contribution in [0, 0.1) is 5.92 Å². The highest BCUT2D eigenvalue weighted by Gasteiger charge is 2.40. The molecule has 1 unspecified atom stereocenters. The number of ether oxygens (including phenoxy) is 1. The van der Waals surface area contributed by atoms with E-state index in [1.165, 1.54) is 35.4 Å². The Morgan fingerprint density at radius 1 is 1.12 bits per heavy atom. The van der Waals surface area contributed by atoms with Crippen LogP contribution in [0.3, 0.4) is 0 Å². The maximum atomic E-state index is 12.6. The third-order valence-corrected chi connectivity index (χ3v) is 4.75. The Hall–Kier alpha value is -3.96. The molecule has 0 spiro atoms. The Balaban J connectivity index is 1.62. The number of carbonyl (C=O) groups is 4. The van der Waals surface area contributed by atoms with Gasteiger partial charge in [0.1, 0.15) is 18.0 Å². The summed E-state index contributed by atoms with van der Waals surface area (Å²) in [4.78, 5) is 52.7. The van der Waals surface area contributed by atoms with Gasteiger partial charge in [-0.1, -0.05) is 0 Å². The average Bonchev–Trinajstić information content (AvgIpc) is 2.75. The number of nitrogens with one attached hydrogen (secondary N) is 1. The Bertz CT molecular complexity index is 1050. The highest BCUT2D eigenvalue weighted by Crippen LogP contribution is 2.31. The number of Topliss-reactive ketones (excluding diaryl/α,β-unsaturated/α-hetero) is 1. The van der Waals surface area contributed by atoms with Crippen molar-refractivity contribution in [2.75, 3.05) is 13.1 Å². The monoisotopic (exact) mass is 465 g/mol. The molecule has 1 atom stereocenters. The highest BCUT2D eigenvalue weighted by molar-refractivity contribution is 6.19. The van der Waals surface area contributed by atoms with Crippen LogP contribution in [0.15, 0.2) is 42.6 Å². The first kappa shape index (κ1) is 23.7. The van der Waals surface area contributed by atoms with E-state index >= 15 is 0 Å². The molecule has 1 aliphatic rings. The molecule has 1 aromatic carbocycles. The van der Waals surface area contributed by atoms with E-state index in [9.17, 15) is 32.3 Å². The molecule has 174 valence electrons. The lowest BCUT2D eigenvalue weighted by Crippen LogP contribution is -2.52. The van der Waals surface area contributed by atoms with Crippen molar-refractivity contribution in [1.29, 1.82) is 0 Å². The number of piperidine rings is 1. The Morgan fingerprint density at radius 3 is 2.36 bits per heavy atom. The first-order valence-electron chi connectivity index (χ1n) is 9.65. The SMILES string of the molecule is O=C(O)CNC(=O)C1C(=O)CCN(Cc2ccc(Oc3ccc(C(F)(F)F)cc3)cn2)C1=O. The third-order valence-electron chi connectivity index (χ3n) is 4.75. The number of hydrogen-bond donors (Lipinski definition) is 2. The highest BCUT2D eigenvalue weighted by atomic mass is 19.4. The van der Waals surface area contributed by atoms with Crippen molar-refractivity contribution in [3.63, 3.8) is 0 Å². The average molecular weight is 465 g/mol. The molecule has 9 nitrogen and oxygen atoms in total. The van der Waals surface area contributed by atoms with Gasteiger partial charge in [0, 0.05) is 13.0 Å². The number of carboxylic acids is 1. The summed E-state index contributed by atoms with van der Waals surface area (Å²) in [6.07, 6.45) is -3.19. The van der Waals surface area contributed by atoms with Crippen molar-refractivity contribution in [3.8, 4) is 11.5 Å². The predicted octanol–water partition coefficient (Wildman–Crippen LogP) is 2.01. The number of carboxylic acid groups (broad SMARTS) is 1. The van der Waals surface area contributed by atoms with Gasteiger partial charge in [-0.3, -0.25) is 24.2 Å². The topological polar surface area (TPSA) is 126 Å². The number of ketones is 1. The van der Waals surface area contributed by atoms with Gasteiger partial charge in [0.25, 0.3) is 0 Å². The lowest BCUT2D eigenvalue weighted by atomic mass is 9.94. The van der Waals surface area contributed by atoms with E-state index in [1.807, 2.05) is 5.32 Å². The molecule has 3 rings (SSSR count). The van der Waals surface area contributed by atoms with E-state index in [4.69, 9.17) is 9.84 Å². The number of benzene rings is 1. The van der Waals surface area contributed by atoms with Crippen LogP contribution in [-0.4, -0.2) is 51.6 Å². The summed E-state index contributed by atoms with van der Waals surface area (Å²) in [6.45, 7) is -0.640. The number of pyridine rings is 1. The zero-order valence-electron chi connectivity index (χ0n) is 17.0. The molecule has 33 heavy (non-hydrogen) atoms. The first-order chi connectivity index (χ1) is 15.5. The van der Waals surface area contributed by atoms with Crippen molar-refractivity contribution < 1.29 is 42.2 Å². The quantitative estimate of drug-likeness (QED) is 0.599. The number of likely N-dealkylation sites (tertiary alicyclic amines) is 1. The van der Waals surface area contributed by atoms with Crippen LogP contribution in [0.1, 0.15) is 17.7 Å². The van der Waals surface area contributed by atoms with Gasteiger partial charge in [-0.25, -0.2) is 0 Å².